The predicted molar refractivity (Wildman–Crippen MR) is 76.0 cm³/mol. The summed E-state index contributed by atoms with van der Waals surface area (Å²) in [5.74, 6) is -1.31. The molecule has 0 spiro atoms. The summed E-state index contributed by atoms with van der Waals surface area (Å²) in [4.78, 5) is 11.8. The lowest BCUT2D eigenvalue weighted by Gasteiger charge is -2.14. The molecule has 2 rings (SSSR count). The molecule has 0 saturated heterocycles. The third kappa shape index (κ3) is 4.03. The first kappa shape index (κ1) is 15.9. The SMILES string of the molecule is CCc1cc(CNC(=O)N[C@@H](C)c2ccc(F)c(F)c2)on1. The first-order valence-electron chi connectivity index (χ1n) is 6.93. The highest BCUT2D eigenvalue weighted by Crippen LogP contribution is 2.15. The third-order valence-electron chi connectivity index (χ3n) is 3.18. The van der Waals surface area contributed by atoms with Crippen LogP contribution in [0.25, 0.3) is 0 Å². The van der Waals surface area contributed by atoms with Crippen LogP contribution in [0.3, 0.4) is 0 Å². The molecule has 22 heavy (non-hydrogen) atoms. The fraction of sp³-hybridized carbons (Fsp3) is 0.333. The van der Waals surface area contributed by atoms with Crippen LogP contribution in [0.2, 0.25) is 0 Å². The minimum atomic E-state index is -0.944. The van der Waals surface area contributed by atoms with Gasteiger partial charge in [0.15, 0.2) is 17.4 Å². The summed E-state index contributed by atoms with van der Waals surface area (Å²) in [6.07, 6.45) is 0.753. The van der Waals surface area contributed by atoms with Gasteiger partial charge in [-0.25, -0.2) is 13.6 Å². The molecule has 5 nitrogen and oxygen atoms in total. The van der Waals surface area contributed by atoms with Crippen molar-refractivity contribution < 1.29 is 18.1 Å². The highest BCUT2D eigenvalue weighted by molar-refractivity contribution is 5.74. The standard InChI is InChI=1S/C15H17F2N3O2/c1-3-11-7-12(22-20-11)8-18-15(21)19-9(2)10-4-5-13(16)14(17)6-10/h4-7,9H,3,8H2,1-2H3,(H2,18,19,21)/t9-/m0/s1. The number of carbonyl (C=O) groups is 1. The van der Waals surface area contributed by atoms with Crippen LogP contribution in [0.1, 0.15) is 36.9 Å². The Morgan fingerprint density at radius 3 is 2.73 bits per heavy atom. The number of amides is 2. The van der Waals surface area contributed by atoms with Gasteiger partial charge in [-0.15, -0.1) is 0 Å². The Kier molecular flexibility index (Phi) is 5.08. The Morgan fingerprint density at radius 1 is 1.32 bits per heavy atom. The molecule has 0 fully saturated rings. The Balaban J connectivity index is 1.86. The fourth-order valence-corrected chi connectivity index (χ4v) is 1.89. The van der Waals surface area contributed by atoms with Gasteiger partial charge in [-0.1, -0.05) is 18.1 Å². The molecule has 1 aromatic carbocycles. The number of nitrogens with one attached hydrogen (secondary N) is 2. The van der Waals surface area contributed by atoms with Crippen molar-refractivity contribution in [1.82, 2.24) is 15.8 Å². The number of aryl methyl sites for hydroxylation is 1. The summed E-state index contributed by atoms with van der Waals surface area (Å²) in [6, 6.07) is 4.38. The zero-order valence-corrected chi connectivity index (χ0v) is 12.3. The second-order valence-electron chi connectivity index (χ2n) is 4.86. The summed E-state index contributed by atoms with van der Waals surface area (Å²) in [7, 11) is 0. The normalized spacial score (nSPS) is 12.0. The molecule has 2 aromatic rings. The van der Waals surface area contributed by atoms with Crippen molar-refractivity contribution in [2.75, 3.05) is 0 Å². The molecular formula is C15H17F2N3O2. The molecule has 0 aliphatic carbocycles. The number of aromatic nitrogens is 1. The average molecular weight is 309 g/mol. The maximum atomic E-state index is 13.2. The van der Waals surface area contributed by atoms with Gasteiger partial charge in [0, 0.05) is 6.07 Å². The molecular weight excluding hydrogens is 292 g/mol. The van der Waals surface area contributed by atoms with Gasteiger partial charge < -0.3 is 15.2 Å². The molecule has 0 radical (unpaired) electrons. The molecule has 7 heteroatoms. The molecule has 0 unspecified atom stereocenters. The van der Waals surface area contributed by atoms with Crippen molar-refractivity contribution in [2.24, 2.45) is 0 Å². The molecule has 0 saturated carbocycles. The van der Waals surface area contributed by atoms with Crippen molar-refractivity contribution >= 4 is 6.03 Å². The molecule has 1 aromatic heterocycles. The number of carbonyl (C=O) groups excluding carboxylic acids is 1. The average Bonchev–Trinajstić information content (AvgIpc) is 2.96. The van der Waals surface area contributed by atoms with Crippen molar-refractivity contribution in [3.63, 3.8) is 0 Å². The largest absolute Gasteiger partial charge is 0.359 e. The van der Waals surface area contributed by atoms with Crippen LogP contribution >= 0.6 is 0 Å². The maximum Gasteiger partial charge on any atom is 0.315 e. The summed E-state index contributed by atoms with van der Waals surface area (Å²) in [6.45, 7) is 3.82. The first-order valence-corrected chi connectivity index (χ1v) is 6.93. The Bertz CT molecular complexity index is 658. The van der Waals surface area contributed by atoms with Gasteiger partial charge in [0.25, 0.3) is 0 Å². The summed E-state index contributed by atoms with van der Waals surface area (Å²) < 4.78 is 31.1. The van der Waals surface area contributed by atoms with Crippen LogP contribution in [-0.4, -0.2) is 11.2 Å². The number of nitrogens with zero attached hydrogens (tertiary/aromatic N) is 1. The lowest BCUT2D eigenvalue weighted by molar-refractivity contribution is 0.235. The number of hydrogen-bond acceptors (Lipinski definition) is 3. The topological polar surface area (TPSA) is 67.2 Å². The third-order valence-corrected chi connectivity index (χ3v) is 3.18. The van der Waals surface area contributed by atoms with Gasteiger partial charge in [0.1, 0.15) is 0 Å². The van der Waals surface area contributed by atoms with E-state index in [2.05, 4.69) is 15.8 Å². The van der Waals surface area contributed by atoms with Crippen LogP contribution in [0, 0.1) is 11.6 Å². The summed E-state index contributed by atoms with van der Waals surface area (Å²) in [5, 5.41) is 9.06. The van der Waals surface area contributed by atoms with Gasteiger partial charge in [-0.05, 0) is 31.0 Å². The minimum absolute atomic E-state index is 0.198. The molecule has 118 valence electrons. The number of halogens is 2. The molecule has 0 bridgehead atoms. The molecule has 1 atom stereocenters. The van der Waals surface area contributed by atoms with E-state index >= 15 is 0 Å². The molecule has 1 heterocycles. The predicted octanol–water partition coefficient (Wildman–Crippen LogP) is 3.08. The highest BCUT2D eigenvalue weighted by atomic mass is 19.2. The Labute approximate surface area is 126 Å². The summed E-state index contributed by atoms with van der Waals surface area (Å²) >= 11 is 0. The number of hydrogen-bond donors (Lipinski definition) is 2. The fourth-order valence-electron chi connectivity index (χ4n) is 1.89. The molecule has 2 amide bonds. The highest BCUT2D eigenvalue weighted by Gasteiger charge is 2.12. The van der Waals surface area contributed by atoms with E-state index in [-0.39, 0.29) is 6.54 Å². The quantitative estimate of drug-likeness (QED) is 0.892. The van der Waals surface area contributed by atoms with Crippen molar-refractivity contribution in [2.45, 2.75) is 32.9 Å². The Hall–Kier alpha value is -2.44. The molecule has 0 aliphatic heterocycles. The van der Waals surface area contributed by atoms with Crippen LogP contribution in [0.5, 0.6) is 0 Å². The van der Waals surface area contributed by atoms with E-state index in [4.69, 9.17) is 4.52 Å². The van der Waals surface area contributed by atoms with E-state index in [1.165, 1.54) is 6.07 Å². The number of urea groups is 1. The van der Waals surface area contributed by atoms with E-state index in [1.54, 1.807) is 13.0 Å². The second-order valence-corrected chi connectivity index (χ2v) is 4.86. The smallest absolute Gasteiger partial charge is 0.315 e. The lowest BCUT2D eigenvalue weighted by atomic mass is 10.1. The van der Waals surface area contributed by atoms with Crippen LogP contribution in [-0.2, 0) is 13.0 Å². The van der Waals surface area contributed by atoms with Gasteiger partial charge in [-0.3, -0.25) is 0 Å². The van der Waals surface area contributed by atoms with E-state index in [9.17, 15) is 13.6 Å². The molecule has 2 N–H and O–H groups in total. The maximum absolute atomic E-state index is 13.2. The van der Waals surface area contributed by atoms with Crippen LogP contribution < -0.4 is 10.6 Å². The zero-order valence-electron chi connectivity index (χ0n) is 12.3. The lowest BCUT2D eigenvalue weighted by Crippen LogP contribution is -2.36. The van der Waals surface area contributed by atoms with Crippen LogP contribution in [0.4, 0.5) is 13.6 Å². The second kappa shape index (κ2) is 7.02. The number of benzene rings is 1. The first-order chi connectivity index (χ1) is 10.5. The van der Waals surface area contributed by atoms with E-state index < -0.39 is 23.7 Å². The molecule has 0 aliphatic rings. The Morgan fingerprint density at radius 2 is 2.09 bits per heavy atom. The van der Waals surface area contributed by atoms with E-state index in [1.807, 2.05) is 6.92 Å². The number of rotatable bonds is 5. The van der Waals surface area contributed by atoms with E-state index in [0.717, 1.165) is 24.2 Å². The van der Waals surface area contributed by atoms with Gasteiger partial charge in [0.05, 0.1) is 18.3 Å². The van der Waals surface area contributed by atoms with Gasteiger partial charge >= 0.3 is 6.03 Å². The van der Waals surface area contributed by atoms with Crippen molar-refractivity contribution in [3.8, 4) is 0 Å². The van der Waals surface area contributed by atoms with Gasteiger partial charge in [-0.2, -0.15) is 0 Å². The van der Waals surface area contributed by atoms with Crippen molar-refractivity contribution in [1.29, 1.82) is 0 Å². The summed E-state index contributed by atoms with van der Waals surface area (Å²) in [5.41, 5.74) is 1.29. The van der Waals surface area contributed by atoms with Gasteiger partial charge in [0.2, 0.25) is 0 Å². The zero-order chi connectivity index (χ0) is 16.1. The van der Waals surface area contributed by atoms with E-state index in [0.29, 0.717) is 11.3 Å². The minimum Gasteiger partial charge on any atom is -0.359 e. The van der Waals surface area contributed by atoms with Crippen molar-refractivity contribution in [3.05, 3.63) is 52.9 Å². The monoisotopic (exact) mass is 309 g/mol. The van der Waals surface area contributed by atoms with Crippen LogP contribution in [0.15, 0.2) is 28.8 Å².